The summed E-state index contributed by atoms with van der Waals surface area (Å²) in [5.74, 6) is 0. The van der Waals surface area contributed by atoms with Gasteiger partial charge in [-0.15, -0.1) is 0 Å². The van der Waals surface area contributed by atoms with Gasteiger partial charge in [-0.25, -0.2) is 8.42 Å². The van der Waals surface area contributed by atoms with Crippen LogP contribution in [-0.2, 0) is 10.0 Å². The summed E-state index contributed by atoms with van der Waals surface area (Å²) in [7, 11) is 0.389. The second-order valence-electron chi connectivity index (χ2n) is 4.55. The number of likely N-dealkylation sites (N-methyl/N-ethyl adjacent to an activating group) is 1. The molecule has 19 heavy (non-hydrogen) atoms. The van der Waals surface area contributed by atoms with Crippen LogP contribution in [0.25, 0.3) is 0 Å². The third-order valence-corrected chi connectivity index (χ3v) is 4.88. The Hall–Kier alpha value is -0.500. The van der Waals surface area contributed by atoms with Crippen molar-refractivity contribution in [3.05, 3.63) is 22.9 Å². The lowest BCUT2D eigenvalue weighted by Gasteiger charge is -2.23. The predicted octanol–water partition coefficient (Wildman–Crippen LogP) is 1.81. The smallest absolute Gasteiger partial charge is 0.244 e. The molecule has 0 spiro atoms. The Bertz CT molecular complexity index is 505. The van der Waals surface area contributed by atoms with Crippen molar-refractivity contribution in [1.29, 1.82) is 0 Å². The maximum atomic E-state index is 12.5. The zero-order chi connectivity index (χ0) is 14.5. The van der Waals surface area contributed by atoms with Gasteiger partial charge < -0.3 is 4.90 Å². The fourth-order valence-electron chi connectivity index (χ4n) is 1.60. The summed E-state index contributed by atoms with van der Waals surface area (Å²) < 4.78 is 27.2. The minimum absolute atomic E-state index is 0.231. The Morgan fingerprint density at radius 1 is 1.21 bits per heavy atom. The molecule has 0 unspecified atom stereocenters. The van der Waals surface area contributed by atoms with Crippen molar-refractivity contribution in [2.75, 3.05) is 33.7 Å². The standard InChI is InChI=1S/C12H20BrN3O2S/c1-4-5-16(7-6-15(2)3)19(17,18)12-8-11(13)9-14-10-12/h8-10H,4-7H2,1-3H3. The van der Waals surface area contributed by atoms with Crippen LogP contribution in [0.15, 0.2) is 27.8 Å². The van der Waals surface area contributed by atoms with Crippen molar-refractivity contribution in [3.8, 4) is 0 Å². The van der Waals surface area contributed by atoms with Gasteiger partial charge in [0.15, 0.2) is 0 Å². The Balaban J connectivity index is 2.98. The highest BCUT2D eigenvalue weighted by Crippen LogP contribution is 2.18. The molecule has 1 aromatic rings. The lowest BCUT2D eigenvalue weighted by atomic mass is 10.4. The summed E-state index contributed by atoms with van der Waals surface area (Å²) in [4.78, 5) is 6.13. The van der Waals surface area contributed by atoms with E-state index in [1.165, 1.54) is 10.5 Å². The van der Waals surface area contributed by atoms with E-state index >= 15 is 0 Å². The van der Waals surface area contributed by atoms with E-state index in [0.29, 0.717) is 24.1 Å². The molecule has 0 saturated heterocycles. The molecule has 0 aliphatic heterocycles. The summed E-state index contributed by atoms with van der Waals surface area (Å²) in [6.07, 6.45) is 3.75. The summed E-state index contributed by atoms with van der Waals surface area (Å²) in [5.41, 5.74) is 0. The van der Waals surface area contributed by atoms with Gasteiger partial charge in [0.2, 0.25) is 10.0 Å². The fourth-order valence-corrected chi connectivity index (χ4v) is 3.63. The lowest BCUT2D eigenvalue weighted by Crippen LogP contribution is -2.37. The van der Waals surface area contributed by atoms with E-state index in [-0.39, 0.29) is 4.90 Å². The first kappa shape index (κ1) is 16.6. The van der Waals surface area contributed by atoms with Crippen molar-refractivity contribution in [3.63, 3.8) is 0 Å². The van der Waals surface area contributed by atoms with E-state index in [1.807, 2.05) is 25.9 Å². The van der Waals surface area contributed by atoms with Crippen LogP contribution >= 0.6 is 15.9 Å². The molecule has 108 valence electrons. The number of hydrogen-bond donors (Lipinski definition) is 0. The van der Waals surface area contributed by atoms with Crippen molar-refractivity contribution in [1.82, 2.24) is 14.2 Å². The minimum atomic E-state index is -3.47. The van der Waals surface area contributed by atoms with Gasteiger partial charge in [-0.3, -0.25) is 4.98 Å². The molecule has 0 aliphatic carbocycles. The van der Waals surface area contributed by atoms with E-state index in [2.05, 4.69) is 20.9 Å². The molecular formula is C12H20BrN3O2S. The average molecular weight is 350 g/mol. The molecule has 0 aliphatic rings. The van der Waals surface area contributed by atoms with Crippen molar-refractivity contribution < 1.29 is 8.42 Å². The van der Waals surface area contributed by atoms with Crippen LogP contribution in [0, 0.1) is 0 Å². The molecule has 1 heterocycles. The Morgan fingerprint density at radius 2 is 1.89 bits per heavy atom. The predicted molar refractivity (Wildman–Crippen MR) is 79.5 cm³/mol. The van der Waals surface area contributed by atoms with E-state index in [4.69, 9.17) is 0 Å². The van der Waals surface area contributed by atoms with Crippen molar-refractivity contribution in [2.45, 2.75) is 18.2 Å². The van der Waals surface area contributed by atoms with Gasteiger partial charge in [0.1, 0.15) is 4.90 Å². The van der Waals surface area contributed by atoms with Gasteiger partial charge in [-0.05, 0) is 42.5 Å². The van der Waals surface area contributed by atoms with Crippen LogP contribution in [-0.4, -0.2) is 56.3 Å². The molecular weight excluding hydrogens is 330 g/mol. The highest BCUT2D eigenvalue weighted by molar-refractivity contribution is 9.10. The van der Waals surface area contributed by atoms with Crippen molar-refractivity contribution in [2.24, 2.45) is 0 Å². The van der Waals surface area contributed by atoms with Crippen LogP contribution in [0.3, 0.4) is 0 Å². The summed E-state index contributed by atoms with van der Waals surface area (Å²) in [6.45, 7) is 3.66. The van der Waals surface area contributed by atoms with Crippen LogP contribution in [0.2, 0.25) is 0 Å². The quantitative estimate of drug-likeness (QED) is 0.753. The third-order valence-electron chi connectivity index (χ3n) is 2.59. The summed E-state index contributed by atoms with van der Waals surface area (Å²) >= 11 is 3.25. The van der Waals surface area contributed by atoms with Crippen LogP contribution in [0.4, 0.5) is 0 Å². The normalized spacial score (nSPS) is 12.3. The molecule has 0 radical (unpaired) electrons. The van der Waals surface area contributed by atoms with E-state index < -0.39 is 10.0 Å². The maximum Gasteiger partial charge on any atom is 0.244 e. The first-order valence-electron chi connectivity index (χ1n) is 6.13. The number of hydrogen-bond acceptors (Lipinski definition) is 4. The zero-order valence-electron chi connectivity index (χ0n) is 11.5. The molecule has 0 N–H and O–H groups in total. The highest BCUT2D eigenvalue weighted by Gasteiger charge is 2.24. The Morgan fingerprint density at radius 3 is 2.42 bits per heavy atom. The second-order valence-corrected chi connectivity index (χ2v) is 7.40. The molecule has 1 rings (SSSR count). The van der Waals surface area contributed by atoms with Gasteiger partial charge in [0, 0.05) is 36.5 Å². The molecule has 5 nitrogen and oxygen atoms in total. The first-order chi connectivity index (χ1) is 8.87. The van der Waals surface area contributed by atoms with Gasteiger partial charge >= 0.3 is 0 Å². The monoisotopic (exact) mass is 349 g/mol. The maximum absolute atomic E-state index is 12.5. The first-order valence-corrected chi connectivity index (χ1v) is 8.36. The third kappa shape index (κ3) is 4.83. The number of sulfonamides is 1. The molecule has 0 atom stereocenters. The SMILES string of the molecule is CCCN(CCN(C)C)S(=O)(=O)c1cncc(Br)c1. The van der Waals surface area contributed by atoms with E-state index in [1.54, 1.807) is 12.3 Å². The number of aromatic nitrogens is 1. The molecule has 0 saturated carbocycles. The molecule has 0 amide bonds. The molecule has 1 aromatic heterocycles. The highest BCUT2D eigenvalue weighted by atomic mass is 79.9. The Kier molecular flexibility index (Phi) is 6.38. The topological polar surface area (TPSA) is 53.5 Å². The fraction of sp³-hybridized carbons (Fsp3) is 0.583. The van der Waals surface area contributed by atoms with Crippen LogP contribution < -0.4 is 0 Å². The number of pyridine rings is 1. The minimum Gasteiger partial charge on any atom is -0.308 e. The summed E-state index contributed by atoms with van der Waals surface area (Å²) in [6, 6.07) is 1.58. The zero-order valence-corrected chi connectivity index (χ0v) is 13.9. The van der Waals surface area contributed by atoms with E-state index in [0.717, 1.165) is 6.42 Å². The molecule has 0 fully saturated rings. The summed E-state index contributed by atoms with van der Waals surface area (Å²) in [5, 5.41) is 0. The Labute approximate surface area is 123 Å². The average Bonchev–Trinajstić information content (AvgIpc) is 2.34. The van der Waals surface area contributed by atoms with Crippen LogP contribution in [0.5, 0.6) is 0 Å². The van der Waals surface area contributed by atoms with Gasteiger partial charge in [-0.2, -0.15) is 4.31 Å². The van der Waals surface area contributed by atoms with Gasteiger partial charge in [-0.1, -0.05) is 6.92 Å². The van der Waals surface area contributed by atoms with Gasteiger partial charge in [0.05, 0.1) is 0 Å². The number of halogens is 1. The lowest BCUT2D eigenvalue weighted by molar-refractivity contribution is 0.333. The van der Waals surface area contributed by atoms with Crippen LogP contribution in [0.1, 0.15) is 13.3 Å². The number of rotatable bonds is 7. The molecule has 0 bridgehead atoms. The number of nitrogens with zero attached hydrogens (tertiary/aromatic N) is 3. The molecule has 0 aromatic carbocycles. The van der Waals surface area contributed by atoms with E-state index in [9.17, 15) is 8.42 Å². The second kappa shape index (κ2) is 7.33. The molecule has 7 heteroatoms. The largest absolute Gasteiger partial charge is 0.308 e. The van der Waals surface area contributed by atoms with Crippen molar-refractivity contribution >= 4 is 26.0 Å². The van der Waals surface area contributed by atoms with Gasteiger partial charge in [0.25, 0.3) is 0 Å².